The Bertz CT molecular complexity index is 1380. The van der Waals surface area contributed by atoms with Gasteiger partial charge in [-0.3, -0.25) is 8.93 Å². The van der Waals surface area contributed by atoms with Gasteiger partial charge in [0.05, 0.1) is 48.2 Å². The average Bonchev–Trinajstić information content (AvgIpc) is 2.73. The first-order valence-corrected chi connectivity index (χ1v) is 12.7. The highest BCUT2D eigenvalue weighted by Gasteiger charge is 2.34. The van der Waals surface area contributed by atoms with E-state index in [1.807, 2.05) is 0 Å². The number of carbonyl (C=O) groups is 1. The standard InChI is InChI=1S/C21H14Cl2F3NO5S2/c22-14-5-8-19(33(30)11-12-1-3-13(4-2-12)20(28)29)18(9-14)27-34(31,32)15-6-7-17(23)16(10-15)21(24,25)26/h1-10,27H,11H2,(H,28,29). The van der Waals surface area contributed by atoms with Crippen molar-refractivity contribution in [3.05, 3.63) is 87.4 Å². The second kappa shape index (κ2) is 9.95. The molecule has 3 aromatic rings. The zero-order valence-corrected chi connectivity index (χ0v) is 19.9. The number of halogens is 5. The highest BCUT2D eigenvalue weighted by molar-refractivity contribution is 7.92. The third-order valence-electron chi connectivity index (χ3n) is 4.48. The summed E-state index contributed by atoms with van der Waals surface area (Å²) >= 11 is 11.5. The van der Waals surface area contributed by atoms with E-state index in [-0.39, 0.29) is 26.9 Å². The number of nitrogens with one attached hydrogen (secondary N) is 1. The minimum absolute atomic E-state index is 0.0281. The predicted octanol–water partition coefficient (Wildman–Crippen LogP) is 5.82. The lowest BCUT2D eigenvalue weighted by molar-refractivity contribution is -0.137. The summed E-state index contributed by atoms with van der Waals surface area (Å²) in [5.74, 6) is -1.21. The molecule has 13 heteroatoms. The van der Waals surface area contributed by atoms with Crippen molar-refractivity contribution in [3.8, 4) is 0 Å². The van der Waals surface area contributed by atoms with Crippen molar-refractivity contribution in [2.24, 2.45) is 0 Å². The van der Waals surface area contributed by atoms with E-state index in [9.17, 15) is 30.6 Å². The molecule has 6 nitrogen and oxygen atoms in total. The summed E-state index contributed by atoms with van der Waals surface area (Å²) in [5.41, 5.74) is -0.955. The van der Waals surface area contributed by atoms with Crippen LogP contribution in [0.1, 0.15) is 21.5 Å². The van der Waals surface area contributed by atoms with Gasteiger partial charge >= 0.3 is 12.1 Å². The third-order valence-corrected chi connectivity index (χ3v) is 7.85. The van der Waals surface area contributed by atoms with Crippen LogP contribution in [0, 0.1) is 0 Å². The fraction of sp³-hybridized carbons (Fsp3) is 0.0952. The van der Waals surface area contributed by atoms with Gasteiger partial charge in [-0.05, 0) is 54.1 Å². The molecule has 0 bridgehead atoms. The SMILES string of the molecule is O=C(O)c1ccc(CS(=O)c2ccc(Cl)cc2NS(=O)(=O)c2ccc(Cl)c(C(F)(F)F)c2)cc1. The molecule has 2 N–H and O–H groups in total. The molecule has 3 aromatic carbocycles. The first kappa shape index (κ1) is 26.0. The Labute approximate surface area is 204 Å². The van der Waals surface area contributed by atoms with Crippen LogP contribution in [0.3, 0.4) is 0 Å². The van der Waals surface area contributed by atoms with Gasteiger partial charge in [-0.25, -0.2) is 13.2 Å². The van der Waals surface area contributed by atoms with Crippen molar-refractivity contribution in [2.45, 2.75) is 21.7 Å². The van der Waals surface area contributed by atoms with Crippen LogP contribution < -0.4 is 4.72 Å². The van der Waals surface area contributed by atoms with Crippen LogP contribution in [0.5, 0.6) is 0 Å². The molecule has 0 aromatic heterocycles. The molecule has 180 valence electrons. The minimum atomic E-state index is -4.87. The number of benzene rings is 3. The van der Waals surface area contributed by atoms with Crippen molar-refractivity contribution in [3.63, 3.8) is 0 Å². The molecular weight excluding hydrogens is 538 g/mol. The maximum Gasteiger partial charge on any atom is 0.417 e. The first-order chi connectivity index (χ1) is 15.8. The number of anilines is 1. The molecule has 1 unspecified atom stereocenters. The molecular formula is C21H14Cl2F3NO5S2. The number of carboxylic acid groups (broad SMARTS) is 1. The maximum absolute atomic E-state index is 13.2. The van der Waals surface area contributed by atoms with Gasteiger partial charge in [-0.1, -0.05) is 35.3 Å². The van der Waals surface area contributed by atoms with Crippen molar-refractivity contribution in [1.29, 1.82) is 0 Å². The Kier molecular flexibility index (Phi) is 7.61. The summed E-state index contributed by atoms with van der Waals surface area (Å²) in [6.45, 7) is 0. The molecule has 3 rings (SSSR count). The van der Waals surface area contributed by atoms with E-state index in [0.29, 0.717) is 11.6 Å². The number of hydrogen-bond acceptors (Lipinski definition) is 4. The number of alkyl halides is 3. The molecule has 0 spiro atoms. The summed E-state index contributed by atoms with van der Waals surface area (Å²) in [6, 6.07) is 11.6. The quantitative estimate of drug-likeness (QED) is 0.385. The minimum Gasteiger partial charge on any atom is -0.478 e. The molecule has 0 aliphatic carbocycles. The highest BCUT2D eigenvalue weighted by atomic mass is 35.5. The van der Waals surface area contributed by atoms with E-state index >= 15 is 0 Å². The Morgan fingerprint density at radius 3 is 2.24 bits per heavy atom. The fourth-order valence-corrected chi connectivity index (χ4v) is 5.63. The lowest BCUT2D eigenvalue weighted by Gasteiger charge is -2.15. The number of rotatable bonds is 7. The monoisotopic (exact) mass is 551 g/mol. The van der Waals surface area contributed by atoms with E-state index in [4.69, 9.17) is 28.3 Å². The topological polar surface area (TPSA) is 101 Å². The first-order valence-electron chi connectivity index (χ1n) is 9.17. The van der Waals surface area contributed by atoms with Crippen LogP contribution in [0.4, 0.5) is 18.9 Å². The smallest absolute Gasteiger partial charge is 0.417 e. The molecule has 0 radical (unpaired) electrons. The predicted molar refractivity (Wildman–Crippen MR) is 122 cm³/mol. The Morgan fingerprint density at radius 1 is 1.00 bits per heavy atom. The summed E-state index contributed by atoms with van der Waals surface area (Å²) < 4.78 is 80.2. The van der Waals surface area contributed by atoms with Crippen molar-refractivity contribution >= 4 is 55.7 Å². The average molecular weight is 552 g/mol. The molecule has 0 aliphatic rings. The molecule has 1 atom stereocenters. The Balaban J connectivity index is 1.93. The number of aromatic carboxylic acids is 1. The zero-order chi connectivity index (χ0) is 25.3. The maximum atomic E-state index is 13.2. The van der Waals surface area contributed by atoms with Gasteiger partial charge in [0.25, 0.3) is 10.0 Å². The van der Waals surface area contributed by atoms with Crippen molar-refractivity contribution < 1.29 is 35.7 Å². The van der Waals surface area contributed by atoms with E-state index < -0.39 is 48.5 Å². The molecule has 0 amide bonds. The number of sulfonamides is 1. The fourth-order valence-electron chi connectivity index (χ4n) is 2.85. The van der Waals surface area contributed by atoms with Crippen LogP contribution in [0.2, 0.25) is 10.0 Å². The van der Waals surface area contributed by atoms with Gasteiger partial charge in [0.1, 0.15) is 0 Å². The van der Waals surface area contributed by atoms with Gasteiger partial charge < -0.3 is 5.11 Å². The van der Waals surface area contributed by atoms with Gasteiger partial charge in [-0.2, -0.15) is 13.2 Å². The van der Waals surface area contributed by atoms with E-state index in [2.05, 4.69) is 4.72 Å². The normalized spacial score (nSPS) is 12.9. The largest absolute Gasteiger partial charge is 0.478 e. The zero-order valence-electron chi connectivity index (χ0n) is 16.8. The van der Waals surface area contributed by atoms with Crippen LogP contribution in [0.15, 0.2) is 70.5 Å². The molecule has 34 heavy (non-hydrogen) atoms. The van der Waals surface area contributed by atoms with Crippen LogP contribution in [0.25, 0.3) is 0 Å². The molecule has 0 heterocycles. The third kappa shape index (κ3) is 6.09. The highest BCUT2D eigenvalue weighted by Crippen LogP contribution is 2.36. The van der Waals surface area contributed by atoms with Crippen LogP contribution in [-0.2, 0) is 32.8 Å². The van der Waals surface area contributed by atoms with Gasteiger partial charge in [0.2, 0.25) is 0 Å². The second-order valence-corrected chi connectivity index (χ2v) is 10.8. The second-order valence-electron chi connectivity index (χ2n) is 6.88. The van der Waals surface area contributed by atoms with E-state index in [1.165, 1.54) is 42.5 Å². The van der Waals surface area contributed by atoms with Crippen LogP contribution >= 0.6 is 23.2 Å². The van der Waals surface area contributed by atoms with E-state index in [0.717, 1.165) is 12.1 Å². The lowest BCUT2D eigenvalue weighted by Crippen LogP contribution is -2.16. The van der Waals surface area contributed by atoms with Crippen LogP contribution in [-0.4, -0.2) is 23.7 Å². The molecule has 0 aliphatic heterocycles. The molecule has 0 saturated heterocycles. The van der Waals surface area contributed by atoms with Gasteiger partial charge in [0, 0.05) is 5.02 Å². The number of carboxylic acids is 1. The summed E-state index contributed by atoms with van der Waals surface area (Å²) in [6.07, 6.45) is -4.87. The number of hydrogen-bond donors (Lipinski definition) is 2. The van der Waals surface area contributed by atoms with E-state index in [1.54, 1.807) is 0 Å². The van der Waals surface area contributed by atoms with Crippen molar-refractivity contribution in [1.82, 2.24) is 0 Å². The van der Waals surface area contributed by atoms with Gasteiger partial charge in [0.15, 0.2) is 0 Å². The Morgan fingerprint density at radius 2 is 1.65 bits per heavy atom. The lowest BCUT2D eigenvalue weighted by atomic mass is 10.1. The van der Waals surface area contributed by atoms with Crippen molar-refractivity contribution in [2.75, 3.05) is 4.72 Å². The molecule has 0 saturated carbocycles. The Hall–Kier alpha value is -2.60. The van der Waals surface area contributed by atoms with Gasteiger partial charge in [-0.15, -0.1) is 0 Å². The summed E-state index contributed by atoms with van der Waals surface area (Å²) in [5, 5.41) is 8.40. The summed E-state index contributed by atoms with van der Waals surface area (Å²) in [7, 11) is -6.36. The summed E-state index contributed by atoms with van der Waals surface area (Å²) in [4.78, 5) is 10.3. The molecule has 0 fully saturated rings.